The van der Waals surface area contributed by atoms with E-state index in [2.05, 4.69) is 27.9 Å². The number of fused-ring (bicyclic) bond motifs is 1. The highest BCUT2D eigenvalue weighted by atomic mass is 16.5. The summed E-state index contributed by atoms with van der Waals surface area (Å²) in [7, 11) is 3.50. The van der Waals surface area contributed by atoms with E-state index in [1.807, 2.05) is 13.1 Å². The zero-order valence-electron chi connectivity index (χ0n) is 13.5. The van der Waals surface area contributed by atoms with Crippen LogP contribution in [0.4, 0.5) is 10.5 Å². The minimum Gasteiger partial charge on any atom is -0.497 e. The van der Waals surface area contributed by atoms with Crippen LogP contribution in [0.5, 0.6) is 5.75 Å². The van der Waals surface area contributed by atoms with E-state index in [1.165, 1.54) is 11.1 Å². The molecule has 23 heavy (non-hydrogen) atoms. The summed E-state index contributed by atoms with van der Waals surface area (Å²) >= 11 is 0. The Balaban J connectivity index is 1.60. The smallest absolute Gasteiger partial charge is 0.319 e. The molecule has 1 atom stereocenters. The summed E-state index contributed by atoms with van der Waals surface area (Å²) in [4.78, 5) is 12.0. The summed E-state index contributed by atoms with van der Waals surface area (Å²) in [5, 5.41) is 9.78. The number of amides is 2. The molecular formula is C17H22N4O2. The van der Waals surface area contributed by atoms with Gasteiger partial charge in [-0.25, -0.2) is 4.79 Å². The van der Waals surface area contributed by atoms with Crippen molar-refractivity contribution in [3.8, 4) is 5.75 Å². The quantitative estimate of drug-likeness (QED) is 0.911. The van der Waals surface area contributed by atoms with Gasteiger partial charge in [-0.15, -0.1) is 0 Å². The Labute approximate surface area is 135 Å². The molecule has 1 unspecified atom stereocenters. The number of urea groups is 1. The number of anilines is 1. The lowest BCUT2D eigenvalue weighted by molar-refractivity contribution is 0.251. The molecule has 1 aromatic heterocycles. The van der Waals surface area contributed by atoms with Crippen molar-refractivity contribution in [3.05, 3.63) is 41.7 Å². The number of rotatable bonds is 4. The largest absolute Gasteiger partial charge is 0.497 e. The van der Waals surface area contributed by atoms with Crippen LogP contribution in [0.3, 0.4) is 0 Å². The van der Waals surface area contributed by atoms with Gasteiger partial charge >= 0.3 is 6.03 Å². The molecule has 0 aliphatic heterocycles. The number of methoxy groups -OCH3 is 1. The number of nitrogens with one attached hydrogen (secondary N) is 2. The molecule has 2 amide bonds. The van der Waals surface area contributed by atoms with Crippen LogP contribution >= 0.6 is 0 Å². The molecule has 1 heterocycles. The van der Waals surface area contributed by atoms with Crippen LogP contribution in [0, 0.1) is 0 Å². The van der Waals surface area contributed by atoms with Gasteiger partial charge in [0.15, 0.2) is 0 Å². The molecule has 0 saturated carbocycles. The standard InChI is InChI=1S/C17H22N4O2/c1-21-11-14(10-19-21)20-17(22)18-9-13-5-3-4-12-8-15(23-2)6-7-16(12)13/h6-8,10-11,13H,3-5,9H2,1-2H3,(H2,18,20,22). The summed E-state index contributed by atoms with van der Waals surface area (Å²) in [6.07, 6.45) is 6.69. The third-order valence-electron chi connectivity index (χ3n) is 4.26. The van der Waals surface area contributed by atoms with Crippen LogP contribution in [0.15, 0.2) is 30.6 Å². The molecule has 2 aromatic rings. The zero-order chi connectivity index (χ0) is 16.2. The van der Waals surface area contributed by atoms with Crippen molar-refractivity contribution >= 4 is 11.7 Å². The lowest BCUT2D eigenvalue weighted by Gasteiger charge is -2.26. The average molecular weight is 314 g/mol. The van der Waals surface area contributed by atoms with Crippen LogP contribution < -0.4 is 15.4 Å². The van der Waals surface area contributed by atoms with Gasteiger partial charge in [-0.1, -0.05) is 6.07 Å². The number of hydrogen-bond acceptors (Lipinski definition) is 3. The molecule has 1 aromatic carbocycles. The van der Waals surface area contributed by atoms with Crippen LogP contribution in [0.25, 0.3) is 0 Å². The summed E-state index contributed by atoms with van der Waals surface area (Å²) in [5.41, 5.74) is 3.34. The van der Waals surface area contributed by atoms with Crippen molar-refractivity contribution in [2.75, 3.05) is 19.0 Å². The summed E-state index contributed by atoms with van der Waals surface area (Å²) in [6.45, 7) is 0.630. The first-order chi connectivity index (χ1) is 11.2. The Bertz CT molecular complexity index is 696. The van der Waals surface area contributed by atoms with E-state index in [0.717, 1.165) is 25.0 Å². The van der Waals surface area contributed by atoms with Gasteiger partial charge in [0, 0.05) is 25.7 Å². The van der Waals surface area contributed by atoms with Gasteiger partial charge in [0.25, 0.3) is 0 Å². The first kappa shape index (κ1) is 15.4. The van der Waals surface area contributed by atoms with Crippen LogP contribution in [0.1, 0.15) is 29.9 Å². The molecule has 3 rings (SSSR count). The molecule has 0 saturated heterocycles. The Hall–Kier alpha value is -2.50. The van der Waals surface area contributed by atoms with Crippen molar-refractivity contribution in [1.29, 1.82) is 0 Å². The Kier molecular flexibility index (Phi) is 4.50. The third kappa shape index (κ3) is 3.64. The molecule has 0 radical (unpaired) electrons. The highest BCUT2D eigenvalue weighted by Gasteiger charge is 2.21. The van der Waals surface area contributed by atoms with Gasteiger partial charge < -0.3 is 15.4 Å². The van der Waals surface area contributed by atoms with Gasteiger partial charge in [0.2, 0.25) is 0 Å². The number of aromatic nitrogens is 2. The van der Waals surface area contributed by atoms with E-state index in [4.69, 9.17) is 4.74 Å². The summed E-state index contributed by atoms with van der Waals surface area (Å²) in [6, 6.07) is 6.03. The second-order valence-corrected chi connectivity index (χ2v) is 5.89. The van der Waals surface area contributed by atoms with Crippen molar-refractivity contribution in [3.63, 3.8) is 0 Å². The highest BCUT2D eigenvalue weighted by Crippen LogP contribution is 2.33. The van der Waals surface area contributed by atoms with Gasteiger partial charge in [0.05, 0.1) is 19.0 Å². The van der Waals surface area contributed by atoms with Crippen LogP contribution in [-0.4, -0.2) is 29.5 Å². The molecular weight excluding hydrogens is 292 g/mol. The molecule has 1 aliphatic rings. The van der Waals surface area contributed by atoms with E-state index < -0.39 is 0 Å². The SMILES string of the molecule is COc1ccc2c(c1)CCCC2CNC(=O)Nc1cnn(C)c1. The van der Waals surface area contributed by atoms with Gasteiger partial charge in [0.1, 0.15) is 5.75 Å². The summed E-state index contributed by atoms with van der Waals surface area (Å²) < 4.78 is 6.95. The van der Waals surface area contributed by atoms with Crippen molar-refractivity contribution in [2.24, 2.45) is 7.05 Å². The highest BCUT2D eigenvalue weighted by molar-refractivity contribution is 5.88. The number of carbonyl (C=O) groups excluding carboxylic acids is 1. The molecule has 1 aliphatic carbocycles. The first-order valence-electron chi connectivity index (χ1n) is 7.86. The predicted molar refractivity (Wildman–Crippen MR) is 88.9 cm³/mol. The van der Waals surface area contributed by atoms with Gasteiger partial charge in [-0.2, -0.15) is 5.10 Å². The fourth-order valence-electron chi connectivity index (χ4n) is 3.11. The van der Waals surface area contributed by atoms with E-state index in [-0.39, 0.29) is 6.03 Å². The molecule has 0 bridgehead atoms. The van der Waals surface area contributed by atoms with Crippen molar-refractivity contribution in [2.45, 2.75) is 25.2 Å². The number of nitrogens with zero attached hydrogens (tertiary/aromatic N) is 2. The lowest BCUT2D eigenvalue weighted by atomic mass is 9.82. The maximum atomic E-state index is 12.0. The first-order valence-corrected chi connectivity index (χ1v) is 7.86. The third-order valence-corrected chi connectivity index (χ3v) is 4.26. The van der Waals surface area contributed by atoms with E-state index in [0.29, 0.717) is 18.2 Å². The second-order valence-electron chi connectivity index (χ2n) is 5.89. The molecule has 2 N–H and O–H groups in total. The Morgan fingerprint density at radius 1 is 1.48 bits per heavy atom. The van der Waals surface area contributed by atoms with E-state index >= 15 is 0 Å². The zero-order valence-corrected chi connectivity index (χ0v) is 13.5. The normalized spacial score (nSPS) is 16.5. The van der Waals surface area contributed by atoms with E-state index in [9.17, 15) is 4.79 Å². The van der Waals surface area contributed by atoms with Gasteiger partial charge in [-0.05, 0) is 42.5 Å². The van der Waals surface area contributed by atoms with Crippen molar-refractivity contribution in [1.82, 2.24) is 15.1 Å². The van der Waals surface area contributed by atoms with E-state index in [1.54, 1.807) is 24.2 Å². The van der Waals surface area contributed by atoms with Crippen molar-refractivity contribution < 1.29 is 9.53 Å². The number of benzene rings is 1. The molecule has 0 fully saturated rings. The lowest BCUT2D eigenvalue weighted by Crippen LogP contribution is -2.33. The maximum Gasteiger partial charge on any atom is 0.319 e. The molecule has 122 valence electrons. The van der Waals surface area contributed by atoms with Crippen LogP contribution in [0.2, 0.25) is 0 Å². The minimum atomic E-state index is -0.196. The number of aryl methyl sites for hydroxylation is 2. The second kappa shape index (κ2) is 6.73. The number of ether oxygens (including phenoxy) is 1. The van der Waals surface area contributed by atoms with Gasteiger partial charge in [-0.3, -0.25) is 4.68 Å². The molecule has 6 heteroatoms. The molecule has 0 spiro atoms. The number of carbonyl (C=O) groups is 1. The Morgan fingerprint density at radius 2 is 2.35 bits per heavy atom. The number of hydrogen-bond donors (Lipinski definition) is 2. The molecule has 6 nitrogen and oxygen atoms in total. The summed E-state index contributed by atoms with van der Waals surface area (Å²) in [5.74, 6) is 1.25. The maximum absolute atomic E-state index is 12.0. The van der Waals surface area contributed by atoms with Crippen LogP contribution in [-0.2, 0) is 13.5 Å². The minimum absolute atomic E-state index is 0.196. The predicted octanol–water partition coefficient (Wildman–Crippen LogP) is 2.67. The Morgan fingerprint density at radius 3 is 3.09 bits per heavy atom. The topological polar surface area (TPSA) is 68.2 Å². The fourth-order valence-corrected chi connectivity index (χ4v) is 3.11. The monoisotopic (exact) mass is 314 g/mol. The average Bonchev–Trinajstić information content (AvgIpc) is 2.97. The fraction of sp³-hybridized carbons (Fsp3) is 0.412.